The zero-order chi connectivity index (χ0) is 30.3. The largest absolute Gasteiger partial charge is 0.475 e. The van der Waals surface area contributed by atoms with Gasteiger partial charge in [-0.1, -0.05) is 35.3 Å². The van der Waals surface area contributed by atoms with Gasteiger partial charge in [0, 0.05) is 42.7 Å². The molecule has 6 rings (SSSR count). The predicted octanol–water partition coefficient (Wildman–Crippen LogP) is 6.06. The van der Waals surface area contributed by atoms with E-state index in [1.54, 1.807) is 6.07 Å². The summed E-state index contributed by atoms with van der Waals surface area (Å²) in [6.45, 7) is 3.25. The van der Waals surface area contributed by atoms with Gasteiger partial charge >= 0.3 is 6.18 Å². The molecule has 14 heteroatoms. The first-order valence-electron chi connectivity index (χ1n) is 14.1. The SMILES string of the molecule is Cc1c(OCCCc2csc(C3=C(C(=O)N(Cc4cccc(Cl)c4Cl)C4CC4)[C@H]4CNC[C@@H](C3)N4)n2)noc1C(F)(F)F. The van der Waals surface area contributed by atoms with Crippen molar-refractivity contribution in [3.63, 3.8) is 0 Å². The zero-order valence-electron chi connectivity index (χ0n) is 23.3. The van der Waals surface area contributed by atoms with Crippen molar-refractivity contribution in [2.75, 3.05) is 19.7 Å². The number of hydrogen-bond acceptors (Lipinski definition) is 8. The van der Waals surface area contributed by atoms with Crippen molar-refractivity contribution < 1.29 is 27.2 Å². The van der Waals surface area contributed by atoms with Crippen LogP contribution < -0.4 is 15.4 Å². The highest BCUT2D eigenvalue weighted by atomic mass is 35.5. The third-order valence-corrected chi connectivity index (χ3v) is 9.72. The fraction of sp³-hybridized carbons (Fsp3) is 0.483. The molecule has 1 aromatic carbocycles. The van der Waals surface area contributed by atoms with E-state index in [1.807, 2.05) is 22.4 Å². The molecule has 3 aromatic rings. The van der Waals surface area contributed by atoms with Gasteiger partial charge in [-0.2, -0.15) is 13.2 Å². The fourth-order valence-corrected chi connectivity index (χ4v) is 6.94. The van der Waals surface area contributed by atoms with Gasteiger partial charge in [0.2, 0.25) is 5.76 Å². The van der Waals surface area contributed by atoms with E-state index in [2.05, 4.69) is 20.3 Å². The van der Waals surface area contributed by atoms with E-state index in [0.717, 1.165) is 46.8 Å². The van der Waals surface area contributed by atoms with E-state index in [-0.39, 0.29) is 42.1 Å². The Hall–Kier alpha value is -2.64. The van der Waals surface area contributed by atoms with Gasteiger partial charge < -0.3 is 24.8 Å². The first-order chi connectivity index (χ1) is 20.6. The summed E-state index contributed by atoms with van der Waals surface area (Å²) in [5.41, 5.74) is 3.18. The van der Waals surface area contributed by atoms with Crippen molar-refractivity contribution in [1.82, 2.24) is 25.7 Å². The average molecular weight is 657 g/mol. The molecule has 0 unspecified atom stereocenters. The molecule has 4 heterocycles. The van der Waals surface area contributed by atoms with Crippen LogP contribution in [-0.2, 0) is 23.9 Å². The second-order valence-corrected chi connectivity index (χ2v) is 12.7. The van der Waals surface area contributed by atoms with Gasteiger partial charge in [-0.05, 0) is 61.4 Å². The number of aryl methyl sites for hydroxylation is 1. The number of hydrogen-bond donors (Lipinski definition) is 2. The molecule has 1 amide bonds. The number of amides is 1. The summed E-state index contributed by atoms with van der Waals surface area (Å²) in [4.78, 5) is 21.1. The van der Waals surface area contributed by atoms with Crippen molar-refractivity contribution >= 4 is 46.0 Å². The molecule has 2 fully saturated rings. The molecule has 0 spiro atoms. The number of thiazole rings is 1. The molecule has 2 N–H and O–H groups in total. The Morgan fingerprint density at radius 2 is 2.07 bits per heavy atom. The van der Waals surface area contributed by atoms with Crippen molar-refractivity contribution in [3.8, 4) is 5.88 Å². The Morgan fingerprint density at radius 1 is 1.26 bits per heavy atom. The molecule has 3 aliphatic rings. The number of aromatic nitrogens is 2. The lowest BCUT2D eigenvalue weighted by Gasteiger charge is -2.40. The third-order valence-electron chi connectivity index (χ3n) is 7.92. The van der Waals surface area contributed by atoms with Gasteiger partial charge in [0.05, 0.1) is 34.0 Å². The Bertz CT molecular complexity index is 1540. The highest BCUT2D eigenvalue weighted by Crippen LogP contribution is 2.39. The van der Waals surface area contributed by atoms with Crippen molar-refractivity contribution in [2.45, 2.75) is 69.9 Å². The molecular weight excluding hydrogens is 626 g/mol. The number of ether oxygens (including phenoxy) is 1. The molecule has 1 aliphatic carbocycles. The second kappa shape index (κ2) is 12.4. The fourth-order valence-electron chi connectivity index (χ4n) is 5.63. The minimum atomic E-state index is -4.62. The first-order valence-corrected chi connectivity index (χ1v) is 15.8. The second-order valence-electron chi connectivity index (χ2n) is 11.1. The minimum absolute atomic E-state index is 0.0143. The molecule has 2 atom stereocenters. The molecule has 2 bridgehead atoms. The van der Waals surface area contributed by atoms with Crippen LogP contribution in [0, 0.1) is 6.92 Å². The molecule has 43 heavy (non-hydrogen) atoms. The van der Waals surface area contributed by atoms with Crippen LogP contribution in [0.5, 0.6) is 5.88 Å². The van der Waals surface area contributed by atoms with E-state index in [0.29, 0.717) is 42.4 Å². The number of alkyl halides is 3. The number of carbonyl (C=O) groups excluding carboxylic acids is 1. The monoisotopic (exact) mass is 655 g/mol. The third kappa shape index (κ3) is 6.58. The van der Waals surface area contributed by atoms with Crippen LogP contribution in [0.15, 0.2) is 33.7 Å². The number of carbonyl (C=O) groups is 1. The van der Waals surface area contributed by atoms with Crippen LogP contribution in [0.2, 0.25) is 10.0 Å². The molecule has 8 nitrogen and oxygen atoms in total. The maximum Gasteiger partial charge on any atom is 0.452 e. The normalized spacial score (nSPS) is 20.4. The van der Waals surface area contributed by atoms with E-state index in [4.69, 9.17) is 32.9 Å². The molecule has 1 saturated carbocycles. The van der Waals surface area contributed by atoms with Crippen molar-refractivity contribution in [1.29, 1.82) is 0 Å². The van der Waals surface area contributed by atoms with E-state index in [9.17, 15) is 18.0 Å². The van der Waals surface area contributed by atoms with Crippen molar-refractivity contribution in [3.05, 3.63) is 66.8 Å². The summed E-state index contributed by atoms with van der Waals surface area (Å²) in [6, 6.07) is 5.68. The topological polar surface area (TPSA) is 92.5 Å². The van der Waals surface area contributed by atoms with Crippen LogP contribution >= 0.6 is 34.5 Å². The predicted molar refractivity (Wildman–Crippen MR) is 157 cm³/mol. The molecule has 230 valence electrons. The summed E-state index contributed by atoms with van der Waals surface area (Å²) in [5.74, 6) is -1.32. The number of halogens is 5. The molecular formula is C29H30Cl2F3N5O3S. The van der Waals surface area contributed by atoms with E-state index < -0.39 is 11.9 Å². The molecule has 2 aromatic heterocycles. The van der Waals surface area contributed by atoms with Gasteiger partial charge in [-0.3, -0.25) is 4.79 Å². The summed E-state index contributed by atoms with van der Waals surface area (Å²) in [6.07, 6.45) is -0.977. The summed E-state index contributed by atoms with van der Waals surface area (Å²) < 4.78 is 48.7. The number of piperazine rings is 1. The summed E-state index contributed by atoms with van der Waals surface area (Å²) in [7, 11) is 0. The summed E-state index contributed by atoms with van der Waals surface area (Å²) >= 11 is 14.3. The lowest BCUT2D eigenvalue weighted by molar-refractivity contribution is -0.156. The number of nitrogens with one attached hydrogen (secondary N) is 2. The quantitative estimate of drug-likeness (QED) is 0.257. The van der Waals surface area contributed by atoms with Gasteiger partial charge in [-0.15, -0.1) is 11.3 Å². The first kappa shape index (κ1) is 30.4. The van der Waals surface area contributed by atoms with Gasteiger partial charge in [-0.25, -0.2) is 4.98 Å². The van der Waals surface area contributed by atoms with Gasteiger partial charge in [0.25, 0.3) is 11.8 Å². The minimum Gasteiger partial charge on any atom is -0.475 e. The lowest BCUT2D eigenvalue weighted by atomic mass is 9.87. The van der Waals surface area contributed by atoms with Gasteiger partial charge in [0.15, 0.2) is 0 Å². The molecule has 1 saturated heterocycles. The summed E-state index contributed by atoms with van der Waals surface area (Å²) in [5, 5.41) is 14.2. The molecule has 2 aliphatic heterocycles. The Morgan fingerprint density at radius 3 is 2.81 bits per heavy atom. The number of benzene rings is 1. The zero-order valence-corrected chi connectivity index (χ0v) is 25.6. The Labute approximate surface area is 260 Å². The molecule has 0 radical (unpaired) electrons. The van der Waals surface area contributed by atoms with E-state index >= 15 is 0 Å². The number of fused-ring (bicyclic) bond motifs is 2. The van der Waals surface area contributed by atoms with Crippen LogP contribution in [-0.4, -0.2) is 58.8 Å². The number of rotatable bonds is 10. The van der Waals surface area contributed by atoms with Gasteiger partial charge in [0.1, 0.15) is 5.01 Å². The van der Waals surface area contributed by atoms with Crippen LogP contribution in [0.3, 0.4) is 0 Å². The smallest absolute Gasteiger partial charge is 0.452 e. The van der Waals surface area contributed by atoms with E-state index in [1.165, 1.54) is 18.3 Å². The van der Waals surface area contributed by atoms with Crippen molar-refractivity contribution in [2.24, 2.45) is 0 Å². The maximum absolute atomic E-state index is 14.3. The number of nitrogens with zero attached hydrogens (tertiary/aromatic N) is 3. The van der Waals surface area contributed by atoms with Crippen LogP contribution in [0.4, 0.5) is 13.2 Å². The average Bonchev–Trinajstić information content (AvgIpc) is 3.57. The Kier molecular flexibility index (Phi) is 8.76. The Balaban J connectivity index is 1.19. The highest BCUT2D eigenvalue weighted by Gasteiger charge is 2.42. The maximum atomic E-state index is 14.3. The highest BCUT2D eigenvalue weighted by molar-refractivity contribution is 7.10. The standard InChI is InChI=1S/C29H30Cl2F3N5O3S/c1-15-25(29(32,33)34)42-38-26(15)41-9-3-5-17-14-43-27(37-17)20-10-18-11-35-12-22(36-18)23(20)28(40)39(19-7-8-19)13-16-4-2-6-21(30)24(16)31/h2,4,6,14,18-19,22,35-36H,3,5,7-13H2,1H3/t18-,22-/m1/s1. The van der Waals surface area contributed by atoms with Crippen LogP contribution in [0.25, 0.3) is 5.57 Å². The van der Waals surface area contributed by atoms with Crippen LogP contribution in [0.1, 0.15) is 53.3 Å². The lowest BCUT2D eigenvalue weighted by Crippen LogP contribution is -2.60.